The van der Waals surface area contributed by atoms with E-state index in [0.29, 0.717) is 6.04 Å². The molecule has 1 aromatic rings. The molecule has 0 saturated heterocycles. The summed E-state index contributed by atoms with van der Waals surface area (Å²) in [7, 11) is 0. The van der Waals surface area contributed by atoms with Crippen molar-refractivity contribution in [2.24, 2.45) is 11.8 Å². The maximum atomic E-state index is 13.1. The lowest BCUT2D eigenvalue weighted by Gasteiger charge is -2.21. The van der Waals surface area contributed by atoms with Crippen LogP contribution in [0.15, 0.2) is 24.3 Å². The smallest absolute Gasteiger partial charge is 0.123 e. The zero-order valence-corrected chi connectivity index (χ0v) is 12.9. The zero-order chi connectivity index (χ0) is 14.4. The van der Waals surface area contributed by atoms with E-state index < -0.39 is 0 Å². The van der Waals surface area contributed by atoms with Crippen molar-refractivity contribution in [2.45, 2.75) is 58.4 Å². The number of hydrogen-bond acceptors (Lipinski definition) is 1. The van der Waals surface area contributed by atoms with Crippen molar-refractivity contribution in [3.8, 4) is 0 Å². The average molecular weight is 277 g/mol. The molecule has 2 rings (SSSR count). The molecule has 3 atom stereocenters. The summed E-state index contributed by atoms with van der Waals surface area (Å²) in [6, 6.07) is 7.40. The lowest BCUT2D eigenvalue weighted by atomic mass is 9.99. The van der Waals surface area contributed by atoms with E-state index in [2.05, 4.69) is 19.2 Å². The van der Waals surface area contributed by atoms with Crippen LogP contribution in [0.25, 0.3) is 0 Å². The summed E-state index contributed by atoms with van der Waals surface area (Å²) in [5.74, 6) is 1.57. The van der Waals surface area contributed by atoms with Gasteiger partial charge in [-0.1, -0.05) is 45.2 Å². The molecule has 2 heteroatoms. The summed E-state index contributed by atoms with van der Waals surface area (Å²) in [5, 5.41) is 3.73. The van der Waals surface area contributed by atoms with Crippen LogP contribution in [0.2, 0.25) is 0 Å². The molecule has 0 aliphatic heterocycles. The molecule has 1 saturated carbocycles. The number of benzene rings is 1. The standard InChI is InChI=1S/C18H28FN/c1-3-4-5-18(16-8-10-17(19)11-9-16)20-13-15-7-6-14(2)12-15/h8-11,14-15,18,20H,3-7,12-13H2,1-2H3. The number of hydrogen-bond donors (Lipinski definition) is 1. The molecule has 1 aliphatic rings. The molecule has 1 N–H and O–H groups in total. The topological polar surface area (TPSA) is 12.0 Å². The molecule has 0 heterocycles. The van der Waals surface area contributed by atoms with Gasteiger partial charge in [0.1, 0.15) is 5.82 Å². The van der Waals surface area contributed by atoms with Gasteiger partial charge >= 0.3 is 0 Å². The fourth-order valence-corrected chi connectivity index (χ4v) is 3.31. The van der Waals surface area contributed by atoms with Gasteiger partial charge in [-0.2, -0.15) is 0 Å². The molecule has 112 valence electrons. The summed E-state index contributed by atoms with van der Waals surface area (Å²) in [4.78, 5) is 0. The van der Waals surface area contributed by atoms with E-state index in [1.54, 1.807) is 12.1 Å². The largest absolute Gasteiger partial charge is 0.310 e. The van der Waals surface area contributed by atoms with Gasteiger partial charge in [0.25, 0.3) is 0 Å². The van der Waals surface area contributed by atoms with Crippen LogP contribution in [0.3, 0.4) is 0 Å². The summed E-state index contributed by atoms with van der Waals surface area (Å²) >= 11 is 0. The van der Waals surface area contributed by atoms with Crippen LogP contribution in [0.5, 0.6) is 0 Å². The van der Waals surface area contributed by atoms with Crippen molar-refractivity contribution in [1.82, 2.24) is 5.32 Å². The van der Waals surface area contributed by atoms with E-state index in [1.165, 1.54) is 37.7 Å². The molecule has 0 amide bonds. The molecule has 0 bridgehead atoms. The van der Waals surface area contributed by atoms with Gasteiger partial charge in [-0.05, 0) is 55.3 Å². The van der Waals surface area contributed by atoms with Crippen molar-refractivity contribution in [3.63, 3.8) is 0 Å². The first-order valence-electron chi connectivity index (χ1n) is 8.18. The highest BCUT2D eigenvalue weighted by molar-refractivity contribution is 5.19. The first-order chi connectivity index (χ1) is 9.69. The van der Waals surface area contributed by atoms with E-state index in [9.17, 15) is 4.39 Å². The van der Waals surface area contributed by atoms with Gasteiger partial charge in [0.2, 0.25) is 0 Å². The Labute approximate surface area is 123 Å². The predicted molar refractivity (Wildman–Crippen MR) is 83.2 cm³/mol. The molecule has 0 aromatic heterocycles. The van der Waals surface area contributed by atoms with Crippen LogP contribution in [0.1, 0.15) is 64.0 Å². The van der Waals surface area contributed by atoms with Crippen molar-refractivity contribution >= 4 is 0 Å². The van der Waals surface area contributed by atoms with Crippen molar-refractivity contribution in [3.05, 3.63) is 35.6 Å². The summed E-state index contributed by atoms with van der Waals surface area (Å²) < 4.78 is 13.1. The van der Waals surface area contributed by atoms with Gasteiger partial charge in [-0.3, -0.25) is 0 Å². The summed E-state index contributed by atoms with van der Waals surface area (Å²) in [5.41, 5.74) is 1.23. The highest BCUT2D eigenvalue weighted by Gasteiger charge is 2.22. The van der Waals surface area contributed by atoms with Crippen LogP contribution in [-0.4, -0.2) is 6.54 Å². The van der Waals surface area contributed by atoms with E-state index in [1.807, 2.05) is 12.1 Å². The van der Waals surface area contributed by atoms with Gasteiger partial charge in [-0.25, -0.2) is 4.39 Å². The minimum Gasteiger partial charge on any atom is -0.310 e. The molecule has 3 unspecified atom stereocenters. The monoisotopic (exact) mass is 277 g/mol. The first kappa shape index (κ1) is 15.5. The van der Waals surface area contributed by atoms with E-state index >= 15 is 0 Å². The Kier molecular flexibility index (Phi) is 6.03. The fraction of sp³-hybridized carbons (Fsp3) is 0.667. The summed E-state index contributed by atoms with van der Waals surface area (Å²) in [6.45, 7) is 5.69. The lowest BCUT2D eigenvalue weighted by molar-refractivity contribution is 0.408. The SMILES string of the molecule is CCCCC(NCC1CCC(C)C1)c1ccc(F)cc1. The molecule has 1 fully saturated rings. The van der Waals surface area contributed by atoms with Crippen molar-refractivity contribution in [1.29, 1.82) is 0 Å². The molecule has 1 aliphatic carbocycles. The first-order valence-corrected chi connectivity index (χ1v) is 8.18. The average Bonchev–Trinajstić information content (AvgIpc) is 2.86. The Hall–Kier alpha value is -0.890. The number of halogens is 1. The minimum absolute atomic E-state index is 0.146. The molecular formula is C18H28FN. The Morgan fingerprint density at radius 2 is 2.00 bits per heavy atom. The maximum absolute atomic E-state index is 13.1. The Bertz CT molecular complexity index is 387. The highest BCUT2D eigenvalue weighted by Crippen LogP contribution is 2.30. The normalized spacial score (nSPS) is 23.9. The lowest BCUT2D eigenvalue weighted by Crippen LogP contribution is -2.26. The zero-order valence-electron chi connectivity index (χ0n) is 12.9. The Morgan fingerprint density at radius 3 is 2.60 bits per heavy atom. The van der Waals surface area contributed by atoms with Crippen LogP contribution < -0.4 is 5.32 Å². The Balaban J connectivity index is 1.91. The molecule has 0 spiro atoms. The predicted octanol–water partition coefficient (Wildman–Crippen LogP) is 5.08. The van der Waals surface area contributed by atoms with Gasteiger partial charge in [-0.15, -0.1) is 0 Å². The second kappa shape index (κ2) is 7.78. The van der Waals surface area contributed by atoms with E-state index in [0.717, 1.165) is 24.8 Å². The van der Waals surface area contributed by atoms with Gasteiger partial charge in [0.15, 0.2) is 0 Å². The van der Waals surface area contributed by atoms with Crippen LogP contribution >= 0.6 is 0 Å². The molecular weight excluding hydrogens is 249 g/mol. The fourth-order valence-electron chi connectivity index (χ4n) is 3.31. The molecule has 0 radical (unpaired) electrons. The second-order valence-corrected chi connectivity index (χ2v) is 6.44. The van der Waals surface area contributed by atoms with Gasteiger partial charge in [0.05, 0.1) is 0 Å². The third-order valence-corrected chi connectivity index (χ3v) is 4.58. The summed E-state index contributed by atoms with van der Waals surface area (Å²) in [6.07, 6.45) is 7.66. The Morgan fingerprint density at radius 1 is 1.25 bits per heavy atom. The third-order valence-electron chi connectivity index (χ3n) is 4.58. The van der Waals surface area contributed by atoms with Crippen molar-refractivity contribution in [2.75, 3.05) is 6.54 Å². The maximum Gasteiger partial charge on any atom is 0.123 e. The number of unbranched alkanes of at least 4 members (excludes halogenated alkanes) is 1. The van der Waals surface area contributed by atoms with E-state index in [-0.39, 0.29) is 5.82 Å². The van der Waals surface area contributed by atoms with Crippen LogP contribution in [0, 0.1) is 17.7 Å². The van der Waals surface area contributed by atoms with Gasteiger partial charge < -0.3 is 5.32 Å². The number of nitrogens with one attached hydrogen (secondary N) is 1. The van der Waals surface area contributed by atoms with Crippen LogP contribution in [0.4, 0.5) is 4.39 Å². The molecule has 1 nitrogen and oxygen atoms in total. The molecule has 20 heavy (non-hydrogen) atoms. The molecule has 1 aromatic carbocycles. The minimum atomic E-state index is -0.146. The number of rotatable bonds is 7. The van der Waals surface area contributed by atoms with Crippen LogP contribution in [-0.2, 0) is 0 Å². The van der Waals surface area contributed by atoms with E-state index in [4.69, 9.17) is 0 Å². The van der Waals surface area contributed by atoms with Gasteiger partial charge in [0, 0.05) is 6.04 Å². The third kappa shape index (κ3) is 4.59. The second-order valence-electron chi connectivity index (χ2n) is 6.44. The quantitative estimate of drug-likeness (QED) is 0.732. The highest BCUT2D eigenvalue weighted by atomic mass is 19.1. The van der Waals surface area contributed by atoms with Crippen molar-refractivity contribution < 1.29 is 4.39 Å².